The summed E-state index contributed by atoms with van der Waals surface area (Å²) in [6.45, 7) is 20.0. The van der Waals surface area contributed by atoms with Crippen molar-refractivity contribution in [3.05, 3.63) is 35.9 Å². The first-order valence-corrected chi connectivity index (χ1v) is 27.2. The molecule has 2 fully saturated rings. The van der Waals surface area contributed by atoms with E-state index in [1.54, 1.807) is 16.7 Å². The van der Waals surface area contributed by atoms with Gasteiger partial charge in [0, 0.05) is 4.75 Å². The fraction of sp³-hybridized carbons (Fsp3) is 0.833. The highest BCUT2D eigenvalue weighted by molar-refractivity contribution is 14.0. The van der Waals surface area contributed by atoms with Crippen molar-refractivity contribution < 1.29 is 19.1 Å². The molecule has 0 unspecified atom stereocenters. The summed E-state index contributed by atoms with van der Waals surface area (Å²) in [5.74, 6) is -0.606. The molecule has 2 amide bonds. The Hall–Kier alpha value is -1.33. The Bertz CT molecular complexity index is 1360. The predicted octanol–water partition coefficient (Wildman–Crippen LogP) is 14.8. The van der Waals surface area contributed by atoms with Crippen LogP contribution in [0, 0.1) is 0 Å². The summed E-state index contributed by atoms with van der Waals surface area (Å²) in [4.78, 5) is 46.9. The van der Waals surface area contributed by atoms with Gasteiger partial charge in [0.1, 0.15) is 23.1 Å². The highest BCUT2D eigenvalue weighted by atomic mass is 127. The van der Waals surface area contributed by atoms with Gasteiger partial charge in [-0.05, 0) is 71.0 Å². The quantitative estimate of drug-likeness (QED) is 0.0310. The van der Waals surface area contributed by atoms with Crippen LogP contribution in [-0.2, 0) is 25.5 Å². The molecule has 2 heterocycles. The Balaban J connectivity index is 0.0000137. The third-order valence-electron chi connectivity index (χ3n) is 14.1. The van der Waals surface area contributed by atoms with Crippen LogP contribution in [0.4, 0.5) is 0 Å². The first-order chi connectivity index (χ1) is 30.0. The molecule has 2 aliphatic heterocycles. The summed E-state index contributed by atoms with van der Waals surface area (Å²) in [6.07, 6.45) is 34.1. The van der Waals surface area contributed by atoms with Crippen LogP contribution >= 0.6 is 35.7 Å². The van der Waals surface area contributed by atoms with Crippen molar-refractivity contribution >= 4 is 53.5 Å². The molecule has 7 nitrogen and oxygen atoms in total. The fourth-order valence-electron chi connectivity index (χ4n) is 11.1. The van der Waals surface area contributed by atoms with Gasteiger partial charge in [-0.2, -0.15) is 0 Å². The molecule has 3 rings (SSSR count). The van der Waals surface area contributed by atoms with Crippen LogP contribution in [0.2, 0.25) is 0 Å². The van der Waals surface area contributed by atoms with Gasteiger partial charge in [0.15, 0.2) is 0 Å². The Labute approximate surface area is 409 Å². The molecule has 63 heavy (non-hydrogen) atoms. The third-order valence-corrected chi connectivity index (χ3v) is 15.7. The Morgan fingerprint density at radius 1 is 0.651 bits per heavy atom. The summed E-state index contributed by atoms with van der Waals surface area (Å²) in [6, 6.07) is 8.29. The number of hydrogen-bond donors (Lipinski definition) is 1. The van der Waals surface area contributed by atoms with Crippen molar-refractivity contribution in [2.45, 2.75) is 275 Å². The van der Waals surface area contributed by atoms with Crippen LogP contribution < -0.4 is 5.32 Å². The van der Waals surface area contributed by atoms with Gasteiger partial charge >= 0.3 is 5.97 Å². The highest BCUT2D eigenvalue weighted by Gasteiger charge is 2.66. The van der Waals surface area contributed by atoms with E-state index in [1.807, 2.05) is 30.3 Å². The zero-order valence-electron chi connectivity index (χ0n) is 41.9. The van der Waals surface area contributed by atoms with Gasteiger partial charge in [-0.25, -0.2) is 4.79 Å². The minimum absolute atomic E-state index is 0. The Kier molecular flexibility index (Phi) is 29.0. The maximum absolute atomic E-state index is 15.2. The van der Waals surface area contributed by atoms with Gasteiger partial charge in [0.05, 0.1) is 12.0 Å². The van der Waals surface area contributed by atoms with E-state index in [2.05, 4.69) is 65.6 Å². The first kappa shape index (κ1) is 57.8. The molecule has 2 aliphatic rings. The second-order valence-corrected chi connectivity index (χ2v) is 21.5. The second-order valence-electron chi connectivity index (χ2n) is 19.8. The van der Waals surface area contributed by atoms with Crippen molar-refractivity contribution in [3.63, 3.8) is 0 Å². The van der Waals surface area contributed by atoms with Crippen molar-refractivity contribution in [2.24, 2.45) is 0 Å². The van der Waals surface area contributed by atoms with Crippen LogP contribution in [-0.4, -0.2) is 74.0 Å². The van der Waals surface area contributed by atoms with Crippen molar-refractivity contribution in [1.29, 1.82) is 0 Å². The minimum Gasteiger partial charge on any atom is -0.456 e. The van der Waals surface area contributed by atoms with Crippen LogP contribution in [0.3, 0.4) is 0 Å². The number of carbonyl (C=O) groups is 3. The number of halogens is 1. The van der Waals surface area contributed by atoms with E-state index in [0.29, 0.717) is 0 Å². The SMILES string of the molecule is CCCCCCCCCCCCN(CCCCCCCCCCCC)C(CCC)(CCC)C(CCC)(CCC)OC(=O)[C@@H]1N2C(=O)[C@@H](NC(=O)Cc3ccccc3)[C@H]2SC1(C)C.I. The van der Waals surface area contributed by atoms with Crippen LogP contribution in [0.15, 0.2) is 30.3 Å². The molecule has 0 aromatic heterocycles. The van der Waals surface area contributed by atoms with Crippen molar-refractivity contribution in [2.75, 3.05) is 13.1 Å². The number of fused-ring (bicyclic) bond motifs is 1. The van der Waals surface area contributed by atoms with Gasteiger partial charge in [0.2, 0.25) is 11.8 Å². The lowest BCUT2D eigenvalue weighted by Gasteiger charge is -2.57. The molecule has 1 aromatic rings. The second kappa shape index (κ2) is 31.6. The summed E-state index contributed by atoms with van der Waals surface area (Å²) >= 11 is 1.63. The predicted molar refractivity (Wildman–Crippen MR) is 280 cm³/mol. The summed E-state index contributed by atoms with van der Waals surface area (Å²) < 4.78 is 6.75. The average molecular weight is 1010 g/mol. The topological polar surface area (TPSA) is 79.0 Å². The summed E-state index contributed by atoms with van der Waals surface area (Å²) in [7, 11) is 0. The summed E-state index contributed by atoms with van der Waals surface area (Å²) in [5, 5.41) is 2.74. The fourth-order valence-corrected chi connectivity index (χ4v) is 12.7. The average Bonchev–Trinajstić information content (AvgIpc) is 3.51. The minimum atomic E-state index is -0.710. The van der Waals surface area contributed by atoms with E-state index in [9.17, 15) is 9.59 Å². The molecular formula is C54H96IN3O4S. The number of thioether (sulfide) groups is 1. The van der Waals surface area contributed by atoms with Gasteiger partial charge < -0.3 is 15.0 Å². The number of amides is 2. The number of benzene rings is 1. The number of hydrogen-bond acceptors (Lipinski definition) is 6. The number of ether oxygens (including phenoxy) is 1. The lowest BCUT2D eigenvalue weighted by Crippen LogP contribution is -2.72. The lowest BCUT2D eigenvalue weighted by atomic mass is 9.67. The van der Waals surface area contributed by atoms with Crippen LogP contribution in [0.5, 0.6) is 0 Å². The van der Waals surface area contributed by atoms with Crippen molar-refractivity contribution in [1.82, 2.24) is 15.1 Å². The normalized spacial score (nSPS) is 18.3. The monoisotopic (exact) mass is 1010 g/mol. The standard InChI is InChI=1S/C54H95N3O4S.HI/c1-9-15-17-19-21-23-25-27-29-34-42-56(43-35-30-28-26-24-22-20-18-16-10-2)53(38-11-3,39-12-4)54(40-13-5,41-14-6)61-51(60)48-52(7,8)62-50-47(49(59)57(48)50)55-46(58)44-45-36-32-31-33-37-45;/h31-33,36-37,47-48,50H,9-30,34-35,38-44H2,1-8H3,(H,55,58);1H/t47-,48+,50-;/m1./s1. The molecule has 1 N–H and O–H groups in total. The number of esters is 1. The zero-order valence-corrected chi connectivity index (χ0v) is 45.0. The van der Waals surface area contributed by atoms with E-state index in [0.717, 1.165) is 70.0 Å². The van der Waals surface area contributed by atoms with Gasteiger partial charge in [-0.1, -0.05) is 213 Å². The summed E-state index contributed by atoms with van der Waals surface area (Å²) in [5.41, 5.74) is -0.0540. The van der Waals surface area contributed by atoms with E-state index < -0.39 is 22.4 Å². The number of carbonyl (C=O) groups excluding carboxylic acids is 3. The van der Waals surface area contributed by atoms with Crippen LogP contribution in [0.1, 0.15) is 241 Å². The largest absolute Gasteiger partial charge is 0.456 e. The number of nitrogens with zero attached hydrogens (tertiary/aromatic N) is 2. The van der Waals surface area contributed by atoms with Gasteiger partial charge in [-0.15, -0.1) is 35.7 Å². The maximum Gasteiger partial charge on any atom is 0.330 e. The number of unbranched alkanes of at least 4 members (excludes halogenated alkanes) is 18. The number of rotatable bonds is 37. The van der Waals surface area contributed by atoms with Gasteiger partial charge in [-0.3, -0.25) is 14.5 Å². The highest BCUT2D eigenvalue weighted by Crippen LogP contribution is 2.53. The van der Waals surface area contributed by atoms with E-state index in [4.69, 9.17) is 4.74 Å². The van der Waals surface area contributed by atoms with Crippen LogP contribution in [0.25, 0.3) is 0 Å². The molecule has 0 aliphatic carbocycles. The molecule has 0 bridgehead atoms. The molecule has 364 valence electrons. The molecule has 1 aromatic carbocycles. The lowest BCUT2D eigenvalue weighted by molar-refractivity contribution is -0.200. The molecule has 2 saturated heterocycles. The van der Waals surface area contributed by atoms with E-state index in [1.165, 1.54) is 128 Å². The van der Waals surface area contributed by atoms with Gasteiger partial charge in [0.25, 0.3) is 0 Å². The Morgan fingerprint density at radius 2 is 1.08 bits per heavy atom. The smallest absolute Gasteiger partial charge is 0.330 e. The number of nitrogens with one attached hydrogen (secondary N) is 1. The Morgan fingerprint density at radius 3 is 1.51 bits per heavy atom. The molecule has 0 saturated carbocycles. The number of β-lactam (4-membered cyclic amide) rings is 1. The first-order valence-electron chi connectivity index (χ1n) is 26.3. The zero-order chi connectivity index (χ0) is 45.3. The van der Waals surface area contributed by atoms with E-state index >= 15 is 4.79 Å². The van der Waals surface area contributed by atoms with Crippen molar-refractivity contribution in [3.8, 4) is 0 Å². The van der Waals surface area contributed by atoms with E-state index in [-0.39, 0.29) is 59.1 Å². The molecule has 0 radical (unpaired) electrons. The molecule has 9 heteroatoms. The maximum atomic E-state index is 15.2. The molecule has 3 atom stereocenters. The third kappa shape index (κ3) is 17.4. The molecule has 0 spiro atoms. The molecular weight excluding hydrogens is 914 g/mol.